The van der Waals surface area contributed by atoms with Crippen LogP contribution in [0.5, 0.6) is 5.75 Å². The van der Waals surface area contributed by atoms with Gasteiger partial charge in [-0.3, -0.25) is 14.0 Å². The van der Waals surface area contributed by atoms with Crippen molar-refractivity contribution >= 4 is 21.6 Å². The summed E-state index contributed by atoms with van der Waals surface area (Å²) in [6, 6.07) is 26.8. The Balaban J connectivity index is 1.33. The summed E-state index contributed by atoms with van der Waals surface area (Å²) in [6.07, 6.45) is 1.12. The number of benzene rings is 3. The van der Waals surface area contributed by atoms with Crippen LogP contribution in [0.3, 0.4) is 0 Å². The molecule has 3 aromatic carbocycles. The molecule has 0 unspecified atom stereocenters. The zero-order valence-corrected chi connectivity index (χ0v) is 20.7. The molecule has 4 rings (SSSR count). The summed E-state index contributed by atoms with van der Waals surface area (Å²) in [5, 5.41) is 0. The third-order valence-electron chi connectivity index (χ3n) is 6.03. The number of nitrogens with zero attached hydrogens (tertiary/aromatic N) is 3. The molecule has 1 heterocycles. The van der Waals surface area contributed by atoms with Crippen LogP contribution < -0.4 is 9.04 Å². The lowest BCUT2D eigenvalue weighted by Crippen LogP contribution is -2.51. The van der Waals surface area contributed by atoms with Crippen molar-refractivity contribution in [2.45, 2.75) is 13.2 Å². The van der Waals surface area contributed by atoms with Crippen LogP contribution in [0, 0.1) is 0 Å². The number of sulfonamides is 1. The van der Waals surface area contributed by atoms with Gasteiger partial charge >= 0.3 is 0 Å². The number of carbonyl (C=O) groups excluding carboxylic acids is 1. The Bertz CT molecular complexity index is 1190. The molecule has 0 aliphatic carbocycles. The molecular weight excluding hydrogens is 462 g/mol. The molecule has 1 amide bonds. The number of anilines is 1. The number of amides is 1. The number of hydrogen-bond donors (Lipinski definition) is 0. The highest BCUT2D eigenvalue weighted by Crippen LogP contribution is 2.23. The lowest BCUT2D eigenvalue weighted by atomic mass is 10.2. The van der Waals surface area contributed by atoms with E-state index in [1.54, 1.807) is 29.2 Å². The number of piperazine rings is 1. The second-order valence-corrected chi connectivity index (χ2v) is 10.6. The molecule has 0 N–H and O–H groups in total. The lowest BCUT2D eigenvalue weighted by Gasteiger charge is -2.35. The Labute approximate surface area is 207 Å². The van der Waals surface area contributed by atoms with E-state index in [9.17, 15) is 13.2 Å². The molecule has 1 fully saturated rings. The highest BCUT2D eigenvalue weighted by atomic mass is 32.2. The third-order valence-corrected chi connectivity index (χ3v) is 7.17. The Kier molecular flexibility index (Phi) is 8.05. The van der Waals surface area contributed by atoms with Gasteiger partial charge in [0.2, 0.25) is 15.9 Å². The highest BCUT2D eigenvalue weighted by Gasteiger charge is 2.26. The molecule has 3 aromatic rings. The lowest BCUT2D eigenvalue weighted by molar-refractivity contribution is -0.131. The van der Waals surface area contributed by atoms with Gasteiger partial charge in [0.25, 0.3) is 0 Å². The van der Waals surface area contributed by atoms with Crippen molar-refractivity contribution in [3.05, 3.63) is 96.1 Å². The van der Waals surface area contributed by atoms with Gasteiger partial charge in [0.15, 0.2) is 0 Å². The van der Waals surface area contributed by atoms with Crippen LogP contribution in [-0.4, -0.2) is 63.1 Å². The number of hydrogen-bond acceptors (Lipinski definition) is 5. The van der Waals surface area contributed by atoms with Gasteiger partial charge in [-0.05, 0) is 35.4 Å². The fraction of sp³-hybridized carbons (Fsp3) is 0.296. The van der Waals surface area contributed by atoms with E-state index < -0.39 is 10.0 Å². The predicted octanol–water partition coefficient (Wildman–Crippen LogP) is 3.38. The topological polar surface area (TPSA) is 70.2 Å². The molecule has 0 radical (unpaired) electrons. The fourth-order valence-corrected chi connectivity index (χ4v) is 4.92. The molecule has 1 aliphatic rings. The quantitative estimate of drug-likeness (QED) is 0.457. The Morgan fingerprint density at radius 2 is 1.40 bits per heavy atom. The van der Waals surface area contributed by atoms with Crippen molar-refractivity contribution in [3.8, 4) is 5.75 Å². The molecule has 0 aromatic heterocycles. The van der Waals surface area contributed by atoms with E-state index in [-0.39, 0.29) is 12.5 Å². The van der Waals surface area contributed by atoms with Gasteiger partial charge in [0, 0.05) is 32.7 Å². The molecule has 0 bridgehead atoms. The zero-order chi connectivity index (χ0) is 24.7. The summed E-state index contributed by atoms with van der Waals surface area (Å²) in [4.78, 5) is 17.1. The van der Waals surface area contributed by atoms with Crippen molar-refractivity contribution in [3.63, 3.8) is 0 Å². The SMILES string of the molecule is CS(=O)(=O)N(CC(=O)N1CCN(Cc2ccccc2)CC1)c1ccc(OCc2ccccc2)cc1. The summed E-state index contributed by atoms with van der Waals surface area (Å²) in [6.45, 7) is 3.72. The first-order valence-corrected chi connectivity index (χ1v) is 13.5. The van der Waals surface area contributed by atoms with Crippen LogP contribution in [0.15, 0.2) is 84.9 Å². The van der Waals surface area contributed by atoms with Gasteiger partial charge in [-0.2, -0.15) is 0 Å². The average Bonchev–Trinajstić information content (AvgIpc) is 2.87. The highest BCUT2D eigenvalue weighted by molar-refractivity contribution is 7.92. The smallest absolute Gasteiger partial charge is 0.243 e. The maximum atomic E-state index is 13.0. The van der Waals surface area contributed by atoms with E-state index in [0.717, 1.165) is 35.8 Å². The molecule has 184 valence electrons. The monoisotopic (exact) mass is 493 g/mol. The summed E-state index contributed by atoms with van der Waals surface area (Å²) in [5.41, 5.74) is 2.73. The summed E-state index contributed by atoms with van der Waals surface area (Å²) in [7, 11) is -3.64. The molecule has 35 heavy (non-hydrogen) atoms. The molecule has 1 aliphatic heterocycles. The van der Waals surface area contributed by atoms with Crippen molar-refractivity contribution in [1.82, 2.24) is 9.80 Å². The number of rotatable bonds is 9. The molecule has 0 atom stereocenters. The maximum absolute atomic E-state index is 13.0. The minimum absolute atomic E-state index is 0.195. The van der Waals surface area contributed by atoms with Gasteiger partial charge in [-0.25, -0.2) is 8.42 Å². The zero-order valence-electron chi connectivity index (χ0n) is 19.9. The van der Waals surface area contributed by atoms with Crippen LogP contribution in [0.1, 0.15) is 11.1 Å². The normalized spacial score (nSPS) is 14.5. The largest absolute Gasteiger partial charge is 0.489 e. The molecular formula is C27H31N3O4S. The maximum Gasteiger partial charge on any atom is 0.243 e. The summed E-state index contributed by atoms with van der Waals surface area (Å²) in [5.74, 6) is 0.436. The molecule has 1 saturated heterocycles. The van der Waals surface area contributed by atoms with E-state index in [2.05, 4.69) is 17.0 Å². The predicted molar refractivity (Wildman–Crippen MR) is 138 cm³/mol. The minimum Gasteiger partial charge on any atom is -0.489 e. The van der Waals surface area contributed by atoms with E-state index in [4.69, 9.17) is 4.74 Å². The van der Waals surface area contributed by atoms with Crippen LogP contribution >= 0.6 is 0 Å². The van der Waals surface area contributed by atoms with Gasteiger partial charge < -0.3 is 9.64 Å². The van der Waals surface area contributed by atoms with Crippen LogP contribution in [0.4, 0.5) is 5.69 Å². The molecule has 0 spiro atoms. The fourth-order valence-electron chi connectivity index (χ4n) is 4.07. The third kappa shape index (κ3) is 7.07. The summed E-state index contributed by atoms with van der Waals surface area (Å²) < 4.78 is 32.0. The van der Waals surface area contributed by atoms with E-state index in [1.807, 2.05) is 48.5 Å². The van der Waals surface area contributed by atoms with Gasteiger partial charge in [0.1, 0.15) is 18.9 Å². The van der Waals surface area contributed by atoms with E-state index in [0.29, 0.717) is 31.1 Å². The Morgan fingerprint density at radius 1 is 0.829 bits per heavy atom. The van der Waals surface area contributed by atoms with E-state index >= 15 is 0 Å². The molecule has 8 heteroatoms. The van der Waals surface area contributed by atoms with Crippen molar-refractivity contribution in [2.75, 3.05) is 43.3 Å². The first-order chi connectivity index (χ1) is 16.9. The van der Waals surface area contributed by atoms with Crippen LogP contribution in [-0.2, 0) is 28.0 Å². The van der Waals surface area contributed by atoms with Crippen LogP contribution in [0.25, 0.3) is 0 Å². The Hall–Kier alpha value is -3.36. The van der Waals surface area contributed by atoms with Gasteiger partial charge in [0.05, 0.1) is 11.9 Å². The number of carbonyl (C=O) groups is 1. The molecule has 0 saturated carbocycles. The van der Waals surface area contributed by atoms with Crippen molar-refractivity contribution in [2.24, 2.45) is 0 Å². The summed E-state index contributed by atoms with van der Waals surface area (Å²) >= 11 is 0. The average molecular weight is 494 g/mol. The van der Waals surface area contributed by atoms with Crippen molar-refractivity contribution in [1.29, 1.82) is 0 Å². The Morgan fingerprint density at radius 3 is 1.97 bits per heavy atom. The van der Waals surface area contributed by atoms with Gasteiger partial charge in [-0.15, -0.1) is 0 Å². The minimum atomic E-state index is -3.64. The second-order valence-electron chi connectivity index (χ2n) is 8.68. The number of ether oxygens (including phenoxy) is 1. The van der Waals surface area contributed by atoms with E-state index in [1.165, 1.54) is 5.56 Å². The second kappa shape index (κ2) is 11.4. The standard InChI is InChI=1S/C27H31N3O4S/c1-35(32,33)30(25-12-14-26(15-13-25)34-22-24-10-6-3-7-11-24)21-27(31)29-18-16-28(17-19-29)20-23-8-4-2-5-9-23/h2-15H,16-22H2,1H3. The first-order valence-electron chi connectivity index (χ1n) is 11.7. The molecule has 7 nitrogen and oxygen atoms in total. The first kappa shape index (κ1) is 24.8. The van der Waals surface area contributed by atoms with Crippen molar-refractivity contribution < 1.29 is 17.9 Å². The van der Waals surface area contributed by atoms with Crippen LogP contribution in [0.2, 0.25) is 0 Å². The van der Waals surface area contributed by atoms with Gasteiger partial charge in [-0.1, -0.05) is 60.7 Å².